The topological polar surface area (TPSA) is 36.1 Å². The number of amides is 1. The molecule has 1 aromatic heterocycles. The summed E-state index contributed by atoms with van der Waals surface area (Å²) in [5.74, 6) is -0.257. The number of carbonyl (C=O) groups is 1. The average molecular weight is 297 g/mol. The van der Waals surface area contributed by atoms with Crippen molar-refractivity contribution in [1.29, 1.82) is 0 Å². The molecule has 1 amide bonds. The molecule has 2 aromatic rings. The van der Waals surface area contributed by atoms with E-state index in [1.807, 2.05) is 54.1 Å². The Kier molecular flexibility index (Phi) is 4.03. The summed E-state index contributed by atoms with van der Waals surface area (Å²) in [4.78, 5) is 11.9. The molecule has 1 atom stereocenters. The molecule has 0 bridgehead atoms. The Hall–Kier alpha value is -0.225. The van der Waals surface area contributed by atoms with Crippen LogP contribution in [0.4, 0.5) is 5.69 Å². The second kappa shape index (κ2) is 5.18. The van der Waals surface area contributed by atoms with Gasteiger partial charge in [-0.2, -0.15) is 0 Å². The summed E-state index contributed by atoms with van der Waals surface area (Å²) in [6.45, 7) is 1.89. The smallest absolute Gasteiger partial charge is 0.625 e. The number of para-hydroxylation sites is 2. The van der Waals surface area contributed by atoms with Gasteiger partial charge in [-0.05, 0) is 18.2 Å². The van der Waals surface area contributed by atoms with E-state index in [4.69, 9.17) is 0 Å². The molecule has 3 rings (SSSR count). The molecule has 1 unspecified atom stereocenters. The van der Waals surface area contributed by atoms with Gasteiger partial charge < -0.3 is 14.7 Å². The van der Waals surface area contributed by atoms with Gasteiger partial charge >= 0.3 is 58.2 Å². The van der Waals surface area contributed by atoms with Crippen molar-refractivity contribution in [2.45, 2.75) is 12.8 Å². The van der Waals surface area contributed by atoms with E-state index in [2.05, 4.69) is 5.32 Å². The third-order valence-corrected chi connectivity index (χ3v) is 2.97. The van der Waals surface area contributed by atoms with Crippen LogP contribution >= 0.6 is 0 Å². The van der Waals surface area contributed by atoms with Crippen LogP contribution in [0, 0.1) is 0 Å². The largest absolute Gasteiger partial charge is 1.00 e. The van der Waals surface area contributed by atoms with Crippen LogP contribution in [0.3, 0.4) is 0 Å². The zero-order chi connectivity index (χ0) is 11.1. The molecule has 17 heavy (non-hydrogen) atoms. The molecule has 0 spiro atoms. The van der Waals surface area contributed by atoms with Crippen molar-refractivity contribution in [3.63, 3.8) is 0 Å². The summed E-state index contributed by atoms with van der Waals surface area (Å²) in [5.41, 5.74) is 2.72. The number of hydrogen-bond donors (Lipinski definition) is 0. The SMILES string of the molecule is CC1C(=O)[N-]c2ccccc2-n2cccc21.[Rb+]. The van der Waals surface area contributed by atoms with E-state index in [-0.39, 0.29) is 70.0 Å². The molecular weight excluding hydrogens is 286 g/mol. The van der Waals surface area contributed by atoms with Crippen LogP contribution in [0.1, 0.15) is 18.5 Å². The van der Waals surface area contributed by atoms with Gasteiger partial charge in [-0.25, -0.2) is 0 Å². The van der Waals surface area contributed by atoms with E-state index in [0.29, 0.717) is 0 Å². The van der Waals surface area contributed by atoms with Crippen LogP contribution in [0.25, 0.3) is 11.0 Å². The Morgan fingerprint density at radius 2 is 1.94 bits per heavy atom. The fraction of sp³-hybridized carbons (Fsp3) is 0.154. The minimum absolute atomic E-state index is 0. The van der Waals surface area contributed by atoms with Crippen molar-refractivity contribution >= 4 is 11.6 Å². The Labute approximate surface area is 149 Å². The third kappa shape index (κ3) is 2.21. The first kappa shape index (κ1) is 13.2. The molecule has 0 saturated heterocycles. The third-order valence-electron chi connectivity index (χ3n) is 2.97. The number of benzene rings is 1. The summed E-state index contributed by atoms with van der Waals surface area (Å²) >= 11 is 0. The van der Waals surface area contributed by atoms with Gasteiger partial charge in [0, 0.05) is 23.5 Å². The van der Waals surface area contributed by atoms with Gasteiger partial charge in [0.05, 0.1) is 5.91 Å². The van der Waals surface area contributed by atoms with Crippen molar-refractivity contribution in [3.05, 3.63) is 53.6 Å². The van der Waals surface area contributed by atoms with E-state index < -0.39 is 0 Å². The molecule has 2 heterocycles. The molecule has 0 N–H and O–H groups in total. The molecule has 0 saturated carbocycles. The molecule has 4 heteroatoms. The van der Waals surface area contributed by atoms with Crippen molar-refractivity contribution in [1.82, 2.24) is 4.57 Å². The van der Waals surface area contributed by atoms with Crippen molar-refractivity contribution in [3.8, 4) is 5.69 Å². The second-order valence-electron chi connectivity index (χ2n) is 3.96. The molecule has 0 aliphatic carbocycles. The Morgan fingerprint density at radius 3 is 2.76 bits per heavy atom. The minimum atomic E-state index is -0.178. The van der Waals surface area contributed by atoms with Crippen molar-refractivity contribution in [2.24, 2.45) is 0 Å². The van der Waals surface area contributed by atoms with E-state index in [9.17, 15) is 4.79 Å². The van der Waals surface area contributed by atoms with Gasteiger partial charge in [0.2, 0.25) is 0 Å². The minimum Gasteiger partial charge on any atom is -0.625 e. The fourth-order valence-corrected chi connectivity index (χ4v) is 2.07. The molecule has 1 aromatic carbocycles. The molecule has 80 valence electrons. The Bertz CT molecular complexity index is 562. The van der Waals surface area contributed by atoms with Crippen LogP contribution < -0.4 is 58.2 Å². The van der Waals surface area contributed by atoms with Crippen LogP contribution in [0.2, 0.25) is 0 Å². The van der Waals surface area contributed by atoms with E-state index in [0.717, 1.165) is 17.1 Å². The fourth-order valence-electron chi connectivity index (χ4n) is 2.07. The number of fused-ring (bicyclic) bond motifs is 3. The molecule has 1 aliphatic rings. The summed E-state index contributed by atoms with van der Waals surface area (Å²) < 4.78 is 2.04. The maximum absolute atomic E-state index is 11.9. The van der Waals surface area contributed by atoms with Crippen molar-refractivity contribution < 1.29 is 63.0 Å². The number of aromatic nitrogens is 1. The predicted octanol–water partition coefficient (Wildman–Crippen LogP) is 0.130. The first-order valence-corrected chi connectivity index (χ1v) is 5.29. The first-order valence-electron chi connectivity index (χ1n) is 5.29. The zero-order valence-corrected chi connectivity index (χ0v) is 14.8. The molecule has 0 fully saturated rings. The summed E-state index contributed by atoms with van der Waals surface area (Å²) in [6, 6.07) is 11.6. The molecule has 0 radical (unpaired) electrons. The molecular formula is C13H11N2ORb. The standard InChI is InChI=1S/C13H12N2O.Rb/c1-9-11-7-4-8-15(11)12-6-3-2-5-10(12)14-13(9)16;/h2-9H,1H3,(H,14,16);/q;+1/p-1. The van der Waals surface area contributed by atoms with E-state index >= 15 is 0 Å². The maximum atomic E-state index is 11.9. The van der Waals surface area contributed by atoms with Crippen LogP contribution in [-0.4, -0.2) is 10.5 Å². The van der Waals surface area contributed by atoms with Gasteiger partial charge in [-0.15, -0.1) is 5.69 Å². The van der Waals surface area contributed by atoms with Crippen LogP contribution in [0.15, 0.2) is 42.6 Å². The predicted molar refractivity (Wildman–Crippen MR) is 62.2 cm³/mol. The number of rotatable bonds is 0. The number of hydrogen-bond acceptors (Lipinski definition) is 1. The molecule has 1 aliphatic heterocycles. The van der Waals surface area contributed by atoms with Gasteiger partial charge in [-0.1, -0.05) is 25.1 Å². The maximum Gasteiger partial charge on any atom is 1.00 e. The van der Waals surface area contributed by atoms with Crippen LogP contribution in [0.5, 0.6) is 0 Å². The summed E-state index contributed by atoms with van der Waals surface area (Å²) in [6.07, 6.45) is 1.97. The second-order valence-corrected chi connectivity index (χ2v) is 3.96. The normalized spacial score (nSPS) is 17.2. The van der Waals surface area contributed by atoms with Crippen molar-refractivity contribution in [2.75, 3.05) is 0 Å². The first-order chi connectivity index (χ1) is 7.77. The molecule has 3 nitrogen and oxygen atoms in total. The average Bonchev–Trinajstić information content (AvgIpc) is 2.74. The van der Waals surface area contributed by atoms with Gasteiger partial charge in [0.15, 0.2) is 0 Å². The van der Waals surface area contributed by atoms with Gasteiger partial charge in [0.25, 0.3) is 0 Å². The van der Waals surface area contributed by atoms with E-state index in [1.165, 1.54) is 0 Å². The monoisotopic (exact) mass is 296 g/mol. The van der Waals surface area contributed by atoms with Gasteiger partial charge in [0.1, 0.15) is 0 Å². The van der Waals surface area contributed by atoms with Gasteiger partial charge in [-0.3, -0.25) is 0 Å². The summed E-state index contributed by atoms with van der Waals surface area (Å²) in [5, 5.41) is 4.15. The Morgan fingerprint density at radius 1 is 1.18 bits per heavy atom. The summed E-state index contributed by atoms with van der Waals surface area (Å²) in [7, 11) is 0. The number of nitrogens with zero attached hydrogens (tertiary/aromatic N) is 2. The van der Waals surface area contributed by atoms with E-state index in [1.54, 1.807) is 0 Å². The zero-order valence-electron chi connectivity index (χ0n) is 9.92. The number of carbonyl (C=O) groups excluding carboxylic acids is 1. The van der Waals surface area contributed by atoms with Crippen LogP contribution in [-0.2, 0) is 4.79 Å². The quantitative estimate of drug-likeness (QED) is 0.681. The Balaban J connectivity index is 0.00000108.